The molecule has 1 rings (SSSR count). The first-order valence-electron chi connectivity index (χ1n) is 8.90. The smallest absolute Gasteiger partial charge is 0.317 e. The van der Waals surface area contributed by atoms with Gasteiger partial charge in [-0.15, -0.1) is 12.4 Å². The Bertz CT molecular complexity index is 425. The van der Waals surface area contributed by atoms with Gasteiger partial charge in [0, 0.05) is 32.0 Å². The Morgan fingerprint density at radius 1 is 1.08 bits per heavy atom. The highest BCUT2D eigenvalue weighted by Crippen LogP contribution is 2.07. The molecule has 0 fully saturated rings. The van der Waals surface area contributed by atoms with Gasteiger partial charge in [0.05, 0.1) is 0 Å². The average molecular weight is 356 g/mol. The number of carbonyl (C=O) groups excluding carboxylic acids is 1. The second-order valence-electron chi connectivity index (χ2n) is 7.04. The van der Waals surface area contributed by atoms with Gasteiger partial charge in [-0.1, -0.05) is 27.7 Å². The first kappa shape index (κ1) is 22.7. The molecule has 0 aromatic carbocycles. The number of hydrogen-bond acceptors (Lipinski definition) is 2. The van der Waals surface area contributed by atoms with Gasteiger partial charge in [0.25, 0.3) is 0 Å². The highest BCUT2D eigenvalue weighted by molar-refractivity contribution is 5.85. The largest absolute Gasteiger partial charge is 0.338 e. The summed E-state index contributed by atoms with van der Waals surface area (Å²) in [5.41, 5.74) is 1.27. The Hall–Kier alpha value is -1.29. The molecule has 4 nitrogen and oxygen atoms in total. The van der Waals surface area contributed by atoms with Crippen molar-refractivity contribution in [3.8, 4) is 0 Å². The number of halogens is 1. The number of urea groups is 1. The van der Waals surface area contributed by atoms with Crippen LogP contribution in [0.2, 0.25) is 0 Å². The van der Waals surface area contributed by atoms with Crippen molar-refractivity contribution in [1.29, 1.82) is 0 Å². The summed E-state index contributed by atoms with van der Waals surface area (Å²) in [7, 11) is 0. The van der Waals surface area contributed by atoms with Crippen LogP contribution in [0.1, 0.15) is 52.5 Å². The van der Waals surface area contributed by atoms with Gasteiger partial charge in [-0.25, -0.2) is 4.79 Å². The van der Waals surface area contributed by atoms with Crippen LogP contribution >= 0.6 is 12.4 Å². The number of hydrogen-bond donors (Lipinski definition) is 1. The second-order valence-corrected chi connectivity index (χ2v) is 7.04. The molecule has 2 amide bonds. The number of pyridine rings is 1. The van der Waals surface area contributed by atoms with E-state index in [2.05, 4.69) is 38.0 Å². The van der Waals surface area contributed by atoms with E-state index in [4.69, 9.17) is 0 Å². The van der Waals surface area contributed by atoms with Crippen molar-refractivity contribution in [2.75, 3.05) is 19.6 Å². The number of carbonyl (C=O) groups is 1. The molecule has 24 heavy (non-hydrogen) atoms. The van der Waals surface area contributed by atoms with Crippen LogP contribution in [-0.2, 0) is 6.42 Å². The quantitative estimate of drug-likeness (QED) is 0.626. The molecule has 5 heteroatoms. The van der Waals surface area contributed by atoms with Crippen molar-refractivity contribution in [2.24, 2.45) is 11.8 Å². The zero-order valence-corrected chi connectivity index (χ0v) is 16.4. The predicted molar refractivity (Wildman–Crippen MR) is 104 cm³/mol. The molecule has 0 bridgehead atoms. The lowest BCUT2D eigenvalue weighted by Gasteiger charge is -2.25. The molecule has 0 radical (unpaired) electrons. The molecule has 1 aromatic rings. The van der Waals surface area contributed by atoms with Crippen molar-refractivity contribution in [3.63, 3.8) is 0 Å². The van der Waals surface area contributed by atoms with Crippen LogP contribution in [0.25, 0.3) is 0 Å². The summed E-state index contributed by atoms with van der Waals surface area (Å²) < 4.78 is 0. The van der Waals surface area contributed by atoms with Crippen LogP contribution in [-0.4, -0.2) is 35.5 Å². The molecule has 1 heterocycles. The van der Waals surface area contributed by atoms with Crippen LogP contribution < -0.4 is 5.32 Å². The van der Waals surface area contributed by atoms with Gasteiger partial charge < -0.3 is 10.2 Å². The van der Waals surface area contributed by atoms with Gasteiger partial charge in [0.15, 0.2) is 0 Å². The lowest BCUT2D eigenvalue weighted by molar-refractivity contribution is 0.191. The van der Waals surface area contributed by atoms with Crippen molar-refractivity contribution < 1.29 is 4.79 Å². The Morgan fingerprint density at radius 3 is 2.12 bits per heavy atom. The SMILES string of the molecule is CC(C)CCN(CCC(C)C)C(=O)NCCCc1ccncc1.Cl. The van der Waals surface area contributed by atoms with Gasteiger partial charge in [0.2, 0.25) is 0 Å². The molecule has 0 saturated heterocycles. The zero-order valence-electron chi connectivity index (χ0n) is 15.6. The molecule has 0 aliphatic carbocycles. The van der Waals surface area contributed by atoms with Crippen LogP contribution in [0.4, 0.5) is 4.79 Å². The maximum atomic E-state index is 12.4. The standard InChI is InChI=1S/C19H33N3O.ClH/c1-16(2)9-14-22(15-10-17(3)4)19(23)21-11-5-6-18-7-12-20-13-8-18;/h7-8,12-13,16-17H,5-6,9-11,14-15H2,1-4H3,(H,21,23);1H. The minimum Gasteiger partial charge on any atom is -0.338 e. The van der Waals surface area contributed by atoms with Gasteiger partial charge in [-0.2, -0.15) is 0 Å². The molecular weight excluding hydrogens is 322 g/mol. The number of aromatic nitrogens is 1. The third kappa shape index (κ3) is 10.5. The molecule has 1 aromatic heterocycles. The number of rotatable bonds is 10. The molecule has 0 saturated carbocycles. The summed E-state index contributed by atoms with van der Waals surface area (Å²) in [6.45, 7) is 11.2. The van der Waals surface area contributed by atoms with Crippen LogP contribution in [0.3, 0.4) is 0 Å². The Morgan fingerprint density at radius 2 is 1.62 bits per heavy atom. The first-order valence-corrected chi connectivity index (χ1v) is 8.90. The van der Waals surface area contributed by atoms with Crippen LogP contribution in [0, 0.1) is 11.8 Å². The van der Waals surface area contributed by atoms with E-state index in [9.17, 15) is 4.79 Å². The van der Waals surface area contributed by atoms with Crippen molar-refractivity contribution >= 4 is 18.4 Å². The number of aryl methyl sites for hydroxylation is 1. The molecule has 0 unspecified atom stereocenters. The van der Waals surface area contributed by atoms with E-state index in [1.54, 1.807) is 0 Å². The minimum absolute atomic E-state index is 0. The summed E-state index contributed by atoms with van der Waals surface area (Å²) in [6.07, 6.45) is 7.67. The van der Waals surface area contributed by atoms with E-state index >= 15 is 0 Å². The molecular formula is C19H34ClN3O. The van der Waals surface area contributed by atoms with E-state index in [1.807, 2.05) is 29.4 Å². The number of nitrogens with zero attached hydrogens (tertiary/aromatic N) is 2. The third-order valence-electron chi connectivity index (χ3n) is 3.91. The fourth-order valence-electron chi connectivity index (χ4n) is 2.29. The normalized spacial score (nSPS) is 10.6. The average Bonchev–Trinajstić information content (AvgIpc) is 2.52. The highest BCUT2D eigenvalue weighted by atomic mass is 35.5. The fourth-order valence-corrected chi connectivity index (χ4v) is 2.29. The fraction of sp³-hybridized carbons (Fsp3) is 0.684. The Balaban J connectivity index is 0.00000529. The van der Waals surface area contributed by atoms with Crippen molar-refractivity contribution in [3.05, 3.63) is 30.1 Å². The predicted octanol–water partition coefficient (Wildman–Crippen LogP) is 4.54. The van der Waals surface area contributed by atoms with E-state index < -0.39 is 0 Å². The summed E-state index contributed by atoms with van der Waals surface area (Å²) in [5.74, 6) is 1.24. The maximum Gasteiger partial charge on any atom is 0.317 e. The molecule has 0 aliphatic rings. The van der Waals surface area contributed by atoms with E-state index in [1.165, 1.54) is 5.56 Å². The van der Waals surface area contributed by atoms with E-state index in [0.29, 0.717) is 11.8 Å². The Kier molecular flexibility index (Phi) is 12.4. The van der Waals surface area contributed by atoms with Gasteiger partial charge in [-0.05, 0) is 55.2 Å². The molecule has 0 atom stereocenters. The van der Waals surface area contributed by atoms with E-state index in [-0.39, 0.29) is 18.4 Å². The van der Waals surface area contributed by atoms with Crippen molar-refractivity contribution in [2.45, 2.75) is 53.4 Å². The zero-order chi connectivity index (χ0) is 17.1. The number of amides is 2. The highest BCUT2D eigenvalue weighted by Gasteiger charge is 2.13. The van der Waals surface area contributed by atoms with Gasteiger partial charge >= 0.3 is 6.03 Å². The lowest BCUT2D eigenvalue weighted by atomic mass is 10.1. The molecule has 0 spiro atoms. The van der Waals surface area contributed by atoms with Gasteiger partial charge in [0.1, 0.15) is 0 Å². The van der Waals surface area contributed by atoms with Gasteiger partial charge in [-0.3, -0.25) is 4.98 Å². The second kappa shape index (κ2) is 13.1. The molecule has 1 N–H and O–H groups in total. The summed E-state index contributed by atoms with van der Waals surface area (Å²) in [6, 6.07) is 4.14. The minimum atomic E-state index is 0. The summed E-state index contributed by atoms with van der Waals surface area (Å²) in [5, 5.41) is 3.07. The summed E-state index contributed by atoms with van der Waals surface area (Å²) in [4.78, 5) is 18.4. The summed E-state index contributed by atoms with van der Waals surface area (Å²) >= 11 is 0. The number of nitrogens with one attached hydrogen (secondary N) is 1. The van der Waals surface area contributed by atoms with Crippen molar-refractivity contribution in [1.82, 2.24) is 15.2 Å². The molecule has 0 aliphatic heterocycles. The Labute approximate surface area is 153 Å². The van der Waals surface area contributed by atoms with E-state index in [0.717, 1.165) is 45.3 Å². The monoisotopic (exact) mass is 355 g/mol. The first-order chi connectivity index (χ1) is 11.0. The lowest BCUT2D eigenvalue weighted by Crippen LogP contribution is -2.42. The third-order valence-corrected chi connectivity index (χ3v) is 3.91. The maximum absolute atomic E-state index is 12.4. The molecule has 138 valence electrons. The topological polar surface area (TPSA) is 45.2 Å². The van der Waals surface area contributed by atoms with Crippen LogP contribution in [0.15, 0.2) is 24.5 Å². The van der Waals surface area contributed by atoms with Crippen LogP contribution in [0.5, 0.6) is 0 Å².